The van der Waals surface area contributed by atoms with Gasteiger partial charge < -0.3 is 5.11 Å². The second-order valence-electron chi connectivity index (χ2n) is 7.20. The molecule has 5 rings (SSSR count). The normalized spacial score (nSPS) is 18.2. The Morgan fingerprint density at radius 2 is 1.90 bits per heavy atom. The van der Waals surface area contributed by atoms with Gasteiger partial charge in [-0.15, -0.1) is 11.3 Å². The largest absolute Gasteiger partial charge is 0.507 e. The van der Waals surface area contributed by atoms with Crippen LogP contribution in [0, 0.1) is 0 Å². The van der Waals surface area contributed by atoms with Crippen LogP contribution in [0.15, 0.2) is 71.6 Å². The summed E-state index contributed by atoms with van der Waals surface area (Å²) >= 11 is 2.82. The summed E-state index contributed by atoms with van der Waals surface area (Å²) in [5, 5.41) is 13.4. The van der Waals surface area contributed by atoms with Gasteiger partial charge in [-0.05, 0) is 35.6 Å². The molecule has 2 aromatic carbocycles. The van der Waals surface area contributed by atoms with Crippen LogP contribution < -0.4 is 4.90 Å². The van der Waals surface area contributed by atoms with Gasteiger partial charge in [-0.3, -0.25) is 14.5 Å². The monoisotopic (exact) mass is 446 g/mol. The fraction of sp³-hybridized carbons (Fsp3) is 0.125. The van der Waals surface area contributed by atoms with Crippen molar-refractivity contribution in [1.82, 2.24) is 4.98 Å². The van der Waals surface area contributed by atoms with Gasteiger partial charge in [0, 0.05) is 10.4 Å². The Hall–Kier alpha value is -3.29. The summed E-state index contributed by atoms with van der Waals surface area (Å²) in [5.41, 5.74) is 2.56. The van der Waals surface area contributed by atoms with E-state index in [9.17, 15) is 14.7 Å². The quantitative estimate of drug-likeness (QED) is 0.254. The summed E-state index contributed by atoms with van der Waals surface area (Å²) in [5.74, 6) is -1.55. The van der Waals surface area contributed by atoms with E-state index in [-0.39, 0.29) is 11.3 Å². The summed E-state index contributed by atoms with van der Waals surface area (Å²) in [7, 11) is 0. The number of hydrogen-bond acceptors (Lipinski definition) is 6. The number of aryl methyl sites for hydroxylation is 1. The molecule has 31 heavy (non-hydrogen) atoms. The maximum Gasteiger partial charge on any atom is 0.301 e. The summed E-state index contributed by atoms with van der Waals surface area (Å²) < 4.78 is 0.962. The number of anilines is 1. The first-order valence-electron chi connectivity index (χ1n) is 9.87. The van der Waals surface area contributed by atoms with Crippen LogP contribution in [0.25, 0.3) is 16.0 Å². The number of hydrogen-bond donors (Lipinski definition) is 1. The van der Waals surface area contributed by atoms with Gasteiger partial charge >= 0.3 is 5.91 Å². The van der Waals surface area contributed by atoms with E-state index in [4.69, 9.17) is 0 Å². The molecule has 0 saturated carbocycles. The molecule has 154 valence electrons. The molecule has 5 nitrogen and oxygen atoms in total. The molecule has 1 saturated heterocycles. The summed E-state index contributed by atoms with van der Waals surface area (Å²) in [4.78, 5) is 33.1. The number of fused-ring (bicyclic) bond motifs is 1. The van der Waals surface area contributed by atoms with Crippen LogP contribution in [0.3, 0.4) is 0 Å². The summed E-state index contributed by atoms with van der Waals surface area (Å²) in [6, 6.07) is 17.9. The summed E-state index contributed by atoms with van der Waals surface area (Å²) in [6.07, 6.45) is 0.903. The Kier molecular flexibility index (Phi) is 4.92. The van der Waals surface area contributed by atoms with Crippen molar-refractivity contribution in [1.29, 1.82) is 0 Å². The van der Waals surface area contributed by atoms with Gasteiger partial charge in [-0.2, -0.15) is 0 Å². The Morgan fingerprint density at radius 3 is 2.61 bits per heavy atom. The van der Waals surface area contributed by atoms with Gasteiger partial charge in [0.15, 0.2) is 5.13 Å². The minimum absolute atomic E-state index is 0.0900. The number of ketones is 1. The Morgan fingerprint density at radius 1 is 1.10 bits per heavy atom. The number of aliphatic hydroxyl groups is 1. The zero-order chi connectivity index (χ0) is 21.5. The molecule has 1 unspecified atom stereocenters. The third-order valence-electron chi connectivity index (χ3n) is 5.36. The zero-order valence-corrected chi connectivity index (χ0v) is 18.2. The highest BCUT2D eigenvalue weighted by Gasteiger charge is 2.48. The molecule has 1 atom stereocenters. The minimum atomic E-state index is -0.716. The van der Waals surface area contributed by atoms with Crippen molar-refractivity contribution in [3.63, 3.8) is 0 Å². The van der Waals surface area contributed by atoms with E-state index in [1.54, 1.807) is 24.3 Å². The second-order valence-corrected chi connectivity index (χ2v) is 9.19. The van der Waals surface area contributed by atoms with E-state index < -0.39 is 17.7 Å². The SMILES string of the molecule is CCc1ccc2nc(N3C(=O)C(=O)/C(=C(/O)c4ccccc4)C3c3cccs3)sc2c1. The Labute approximate surface area is 186 Å². The summed E-state index contributed by atoms with van der Waals surface area (Å²) in [6.45, 7) is 2.09. The van der Waals surface area contributed by atoms with Crippen molar-refractivity contribution in [2.45, 2.75) is 19.4 Å². The topological polar surface area (TPSA) is 70.5 Å². The molecule has 0 bridgehead atoms. The molecule has 1 aliphatic rings. The van der Waals surface area contributed by atoms with Gasteiger partial charge in [-0.1, -0.05) is 60.7 Å². The van der Waals surface area contributed by atoms with Crippen molar-refractivity contribution in [3.05, 3.63) is 87.6 Å². The smallest absolute Gasteiger partial charge is 0.301 e. The number of Topliss-reactive ketones (excluding diaryl/α,β-unsaturated/α-hetero) is 1. The van der Waals surface area contributed by atoms with E-state index >= 15 is 0 Å². The lowest BCUT2D eigenvalue weighted by Gasteiger charge is -2.21. The van der Waals surface area contributed by atoms with E-state index in [2.05, 4.69) is 18.0 Å². The zero-order valence-electron chi connectivity index (χ0n) is 16.6. The average Bonchev–Trinajstić information content (AvgIpc) is 3.52. The molecule has 3 heterocycles. The van der Waals surface area contributed by atoms with E-state index in [0.717, 1.165) is 21.5 Å². The van der Waals surface area contributed by atoms with Gasteiger partial charge in [0.1, 0.15) is 11.8 Å². The molecule has 1 fully saturated rings. The highest BCUT2D eigenvalue weighted by Crippen LogP contribution is 2.45. The molecular weight excluding hydrogens is 428 g/mol. The third-order valence-corrected chi connectivity index (χ3v) is 7.30. The van der Waals surface area contributed by atoms with Crippen molar-refractivity contribution < 1.29 is 14.7 Å². The second kappa shape index (κ2) is 7.76. The van der Waals surface area contributed by atoms with Crippen molar-refractivity contribution in [2.75, 3.05) is 4.90 Å². The highest BCUT2D eigenvalue weighted by molar-refractivity contribution is 7.22. The maximum absolute atomic E-state index is 13.2. The van der Waals surface area contributed by atoms with Crippen LogP contribution in [-0.2, 0) is 16.0 Å². The highest BCUT2D eigenvalue weighted by atomic mass is 32.1. The first-order chi connectivity index (χ1) is 15.1. The van der Waals surface area contributed by atoms with Crippen LogP contribution >= 0.6 is 22.7 Å². The van der Waals surface area contributed by atoms with Gasteiger partial charge in [0.2, 0.25) is 0 Å². The number of aromatic nitrogens is 1. The van der Waals surface area contributed by atoms with Crippen LogP contribution in [0.1, 0.15) is 29.0 Å². The standard InChI is InChI=1S/C24H18N2O3S2/c1-2-14-10-11-16-18(13-14)31-24(25-16)26-20(17-9-6-12-30-17)19(22(28)23(26)29)21(27)15-7-4-3-5-8-15/h3-13,20,27H,2H2,1H3/b21-19+. The van der Waals surface area contributed by atoms with Crippen molar-refractivity contribution in [2.24, 2.45) is 0 Å². The lowest BCUT2D eigenvalue weighted by atomic mass is 10.00. The molecule has 0 aliphatic carbocycles. The number of amides is 1. The molecular formula is C24H18N2O3S2. The number of thiazole rings is 1. The average molecular weight is 447 g/mol. The van der Waals surface area contributed by atoms with Crippen LogP contribution in [-0.4, -0.2) is 21.8 Å². The number of benzene rings is 2. The first kappa shape index (κ1) is 19.7. The third kappa shape index (κ3) is 3.26. The Bertz CT molecular complexity index is 1320. The molecule has 0 spiro atoms. The number of nitrogens with zero attached hydrogens (tertiary/aromatic N) is 2. The maximum atomic E-state index is 13.2. The predicted molar refractivity (Wildman–Crippen MR) is 125 cm³/mol. The molecule has 1 amide bonds. The molecule has 1 aliphatic heterocycles. The fourth-order valence-corrected chi connectivity index (χ4v) is 5.66. The first-order valence-corrected chi connectivity index (χ1v) is 11.6. The molecule has 7 heteroatoms. The number of rotatable bonds is 4. The van der Waals surface area contributed by atoms with Gasteiger partial charge in [0.25, 0.3) is 5.78 Å². The molecule has 1 N–H and O–H groups in total. The molecule has 0 radical (unpaired) electrons. The fourth-order valence-electron chi connectivity index (χ4n) is 3.78. The lowest BCUT2D eigenvalue weighted by molar-refractivity contribution is -0.132. The van der Waals surface area contributed by atoms with E-state index in [1.807, 2.05) is 35.7 Å². The lowest BCUT2D eigenvalue weighted by Crippen LogP contribution is -2.28. The van der Waals surface area contributed by atoms with Crippen molar-refractivity contribution in [3.8, 4) is 0 Å². The molecule has 2 aromatic heterocycles. The predicted octanol–water partition coefficient (Wildman–Crippen LogP) is 5.55. The van der Waals surface area contributed by atoms with Crippen LogP contribution in [0.2, 0.25) is 0 Å². The van der Waals surface area contributed by atoms with Gasteiger partial charge in [-0.25, -0.2) is 4.98 Å². The van der Waals surface area contributed by atoms with Gasteiger partial charge in [0.05, 0.1) is 15.8 Å². The number of carbonyl (C=O) groups is 2. The Balaban J connectivity index is 1.70. The minimum Gasteiger partial charge on any atom is -0.507 e. The van der Waals surface area contributed by atoms with Crippen molar-refractivity contribution >= 4 is 55.5 Å². The van der Waals surface area contributed by atoms with Crippen LogP contribution in [0.4, 0.5) is 5.13 Å². The van der Waals surface area contributed by atoms with Crippen LogP contribution in [0.5, 0.6) is 0 Å². The van der Waals surface area contributed by atoms with E-state index in [1.165, 1.54) is 33.1 Å². The molecule has 4 aromatic rings. The number of carbonyl (C=O) groups excluding carboxylic acids is 2. The number of aliphatic hydroxyl groups excluding tert-OH is 1. The number of thiophene rings is 1. The van der Waals surface area contributed by atoms with E-state index in [0.29, 0.717) is 10.7 Å².